The van der Waals surface area contributed by atoms with Crippen molar-refractivity contribution in [1.29, 1.82) is 0 Å². The third kappa shape index (κ3) is 4.69. The molecule has 0 radical (unpaired) electrons. The Hall–Kier alpha value is -1.65. The Labute approximate surface area is 128 Å². The predicted octanol–water partition coefficient (Wildman–Crippen LogP) is 2.86. The quantitative estimate of drug-likeness (QED) is 0.855. The highest BCUT2D eigenvalue weighted by Gasteiger charge is 2.09. The van der Waals surface area contributed by atoms with Gasteiger partial charge in [0.05, 0.1) is 12.9 Å². The molecule has 3 nitrogen and oxygen atoms in total. The largest absolute Gasteiger partial charge is 0.496 e. The summed E-state index contributed by atoms with van der Waals surface area (Å²) < 4.78 is 17.7. The molecule has 1 N–H and O–H groups in total. The number of rotatable bonds is 7. The van der Waals surface area contributed by atoms with E-state index < -0.39 is 10.8 Å². The third-order valence-electron chi connectivity index (χ3n) is 3.21. The molecule has 4 heteroatoms. The molecule has 0 aliphatic carbocycles. The van der Waals surface area contributed by atoms with Crippen LogP contribution in [-0.2, 0) is 28.9 Å². The number of hydrogen-bond acceptors (Lipinski definition) is 3. The van der Waals surface area contributed by atoms with Crippen LogP contribution in [0.15, 0.2) is 48.5 Å². The molecule has 0 bridgehead atoms. The molecule has 2 rings (SSSR count). The van der Waals surface area contributed by atoms with Gasteiger partial charge in [0.1, 0.15) is 5.75 Å². The molecule has 0 saturated heterocycles. The van der Waals surface area contributed by atoms with Crippen LogP contribution in [0.3, 0.4) is 0 Å². The van der Waals surface area contributed by atoms with Gasteiger partial charge in [-0.3, -0.25) is 4.21 Å². The molecule has 0 aliphatic rings. The van der Waals surface area contributed by atoms with Gasteiger partial charge < -0.3 is 10.1 Å². The van der Waals surface area contributed by atoms with Crippen LogP contribution < -0.4 is 10.1 Å². The molecule has 0 aromatic heterocycles. The molecule has 0 saturated carbocycles. The summed E-state index contributed by atoms with van der Waals surface area (Å²) in [6, 6.07) is 16.0. The van der Waals surface area contributed by atoms with E-state index in [1.54, 1.807) is 7.11 Å². The zero-order chi connectivity index (χ0) is 15.1. The normalized spacial score (nSPS) is 12.1. The smallest absolute Gasteiger partial charge is 0.123 e. The summed E-state index contributed by atoms with van der Waals surface area (Å²) in [6.07, 6.45) is 0. The van der Waals surface area contributed by atoms with Crippen molar-refractivity contribution in [3.8, 4) is 5.75 Å². The maximum Gasteiger partial charge on any atom is 0.123 e. The van der Waals surface area contributed by atoms with Crippen LogP contribution in [0.4, 0.5) is 0 Å². The molecule has 1 atom stereocenters. The van der Waals surface area contributed by atoms with Crippen molar-refractivity contribution in [1.82, 2.24) is 5.32 Å². The fourth-order valence-electron chi connectivity index (χ4n) is 2.24. The number of methoxy groups -OCH3 is 1. The summed E-state index contributed by atoms with van der Waals surface area (Å²) in [5, 5.41) is 3.13. The minimum absolute atomic E-state index is 0.510. The first-order chi connectivity index (χ1) is 10.2. The van der Waals surface area contributed by atoms with E-state index >= 15 is 0 Å². The van der Waals surface area contributed by atoms with E-state index in [1.807, 2.05) is 49.5 Å². The monoisotopic (exact) mass is 303 g/mol. The highest BCUT2D eigenvalue weighted by Crippen LogP contribution is 2.22. The summed E-state index contributed by atoms with van der Waals surface area (Å²) in [5.74, 6) is 1.88. The Morgan fingerprint density at radius 3 is 2.48 bits per heavy atom. The van der Waals surface area contributed by atoms with Gasteiger partial charge in [-0.05, 0) is 30.3 Å². The molecular formula is C17H21NO2S. The summed E-state index contributed by atoms with van der Waals surface area (Å²) >= 11 is 0. The van der Waals surface area contributed by atoms with Crippen molar-refractivity contribution in [3.63, 3.8) is 0 Å². The van der Waals surface area contributed by atoms with Gasteiger partial charge in [0, 0.05) is 28.7 Å². The van der Waals surface area contributed by atoms with Gasteiger partial charge in [0.25, 0.3) is 0 Å². The maximum atomic E-state index is 12.4. The Morgan fingerprint density at radius 1 is 1.05 bits per heavy atom. The minimum Gasteiger partial charge on any atom is -0.496 e. The Morgan fingerprint density at radius 2 is 1.81 bits per heavy atom. The molecular weight excluding hydrogens is 282 g/mol. The lowest BCUT2D eigenvalue weighted by Gasteiger charge is -2.11. The number of hydrogen-bond donors (Lipinski definition) is 1. The number of benzene rings is 2. The van der Waals surface area contributed by atoms with Gasteiger partial charge >= 0.3 is 0 Å². The number of nitrogens with one attached hydrogen (secondary N) is 1. The van der Waals surface area contributed by atoms with Crippen LogP contribution in [0.25, 0.3) is 0 Å². The highest BCUT2D eigenvalue weighted by atomic mass is 32.2. The lowest BCUT2D eigenvalue weighted by molar-refractivity contribution is 0.411. The molecule has 112 valence electrons. The molecule has 0 fully saturated rings. The zero-order valence-corrected chi connectivity index (χ0v) is 13.3. The zero-order valence-electron chi connectivity index (χ0n) is 12.5. The maximum absolute atomic E-state index is 12.4. The van der Waals surface area contributed by atoms with Gasteiger partial charge in [0.2, 0.25) is 0 Å². The van der Waals surface area contributed by atoms with Crippen molar-refractivity contribution < 1.29 is 8.95 Å². The summed E-state index contributed by atoms with van der Waals surface area (Å²) in [4.78, 5) is 0. The van der Waals surface area contributed by atoms with E-state index in [0.717, 1.165) is 23.4 Å². The molecule has 1 unspecified atom stereocenters. The van der Waals surface area contributed by atoms with Crippen molar-refractivity contribution in [2.45, 2.75) is 18.1 Å². The molecule has 2 aromatic carbocycles. The highest BCUT2D eigenvalue weighted by molar-refractivity contribution is 7.83. The average Bonchev–Trinajstić information content (AvgIpc) is 2.49. The minimum atomic E-state index is -0.946. The average molecular weight is 303 g/mol. The molecule has 0 aliphatic heterocycles. The lowest BCUT2D eigenvalue weighted by atomic mass is 10.1. The third-order valence-corrected chi connectivity index (χ3v) is 4.50. The Bertz CT molecular complexity index is 599. The van der Waals surface area contributed by atoms with Gasteiger partial charge in [-0.2, -0.15) is 0 Å². The van der Waals surface area contributed by atoms with Crippen molar-refractivity contribution in [2.75, 3.05) is 14.2 Å². The van der Waals surface area contributed by atoms with Crippen LogP contribution in [0.5, 0.6) is 5.75 Å². The molecule has 21 heavy (non-hydrogen) atoms. The van der Waals surface area contributed by atoms with Gasteiger partial charge in [-0.25, -0.2) is 0 Å². The van der Waals surface area contributed by atoms with Gasteiger partial charge in [0.15, 0.2) is 0 Å². The molecule has 0 heterocycles. The van der Waals surface area contributed by atoms with Crippen molar-refractivity contribution >= 4 is 10.8 Å². The SMILES string of the molecule is CNCc1ccc(OC)c(CS(=O)Cc2ccccc2)c1. The van der Waals surface area contributed by atoms with Crippen LogP contribution in [-0.4, -0.2) is 18.4 Å². The molecule has 0 amide bonds. The first-order valence-electron chi connectivity index (χ1n) is 6.92. The second-order valence-corrected chi connectivity index (χ2v) is 6.35. The molecule has 0 spiro atoms. The van der Waals surface area contributed by atoms with E-state index in [-0.39, 0.29) is 0 Å². The van der Waals surface area contributed by atoms with Crippen molar-refractivity contribution in [2.24, 2.45) is 0 Å². The van der Waals surface area contributed by atoms with Gasteiger partial charge in [-0.15, -0.1) is 0 Å². The fourth-order valence-corrected chi connectivity index (χ4v) is 3.48. The first-order valence-corrected chi connectivity index (χ1v) is 8.41. The number of ether oxygens (including phenoxy) is 1. The second kappa shape index (κ2) is 7.96. The second-order valence-electron chi connectivity index (χ2n) is 4.89. The Kier molecular flexibility index (Phi) is 5.96. The molecule has 2 aromatic rings. The Balaban J connectivity index is 2.10. The predicted molar refractivity (Wildman–Crippen MR) is 87.8 cm³/mol. The van der Waals surface area contributed by atoms with Crippen molar-refractivity contribution in [3.05, 3.63) is 65.2 Å². The van der Waals surface area contributed by atoms with Crippen LogP contribution in [0.1, 0.15) is 16.7 Å². The van der Waals surface area contributed by atoms with E-state index in [4.69, 9.17) is 4.74 Å². The van der Waals surface area contributed by atoms with Gasteiger partial charge in [-0.1, -0.05) is 36.4 Å². The topological polar surface area (TPSA) is 38.3 Å². The standard InChI is InChI=1S/C17H21NO2S/c1-18-11-15-8-9-17(20-2)16(10-15)13-21(19)12-14-6-4-3-5-7-14/h3-10,18H,11-13H2,1-2H3. The lowest BCUT2D eigenvalue weighted by Crippen LogP contribution is -2.07. The first kappa shape index (κ1) is 15.7. The summed E-state index contributed by atoms with van der Waals surface area (Å²) in [6.45, 7) is 0.794. The van der Waals surface area contributed by atoms with E-state index in [0.29, 0.717) is 11.5 Å². The summed E-state index contributed by atoms with van der Waals surface area (Å²) in [5.41, 5.74) is 3.27. The summed E-state index contributed by atoms with van der Waals surface area (Å²) in [7, 11) is 2.62. The van der Waals surface area contributed by atoms with Crippen LogP contribution >= 0.6 is 0 Å². The van der Waals surface area contributed by atoms with Crippen LogP contribution in [0, 0.1) is 0 Å². The fraction of sp³-hybridized carbons (Fsp3) is 0.294. The van der Waals surface area contributed by atoms with E-state index in [9.17, 15) is 4.21 Å². The van der Waals surface area contributed by atoms with E-state index in [1.165, 1.54) is 5.56 Å². The van der Waals surface area contributed by atoms with E-state index in [2.05, 4.69) is 11.4 Å². The van der Waals surface area contributed by atoms with Crippen LogP contribution in [0.2, 0.25) is 0 Å².